The maximum absolute atomic E-state index is 4.36. The number of rotatable bonds is 5. The molecule has 0 aromatic carbocycles. The number of aryl methyl sites for hydroxylation is 2. The van der Waals surface area contributed by atoms with Gasteiger partial charge in [0.2, 0.25) is 5.16 Å². The first kappa shape index (κ1) is 12.7. The van der Waals surface area contributed by atoms with Gasteiger partial charge in [-0.05, 0) is 35.5 Å². The lowest BCUT2D eigenvalue weighted by Gasteiger charge is -2.06. The summed E-state index contributed by atoms with van der Waals surface area (Å²) in [6, 6.07) is 1.90. The van der Waals surface area contributed by atoms with E-state index in [0.717, 1.165) is 29.6 Å². The summed E-state index contributed by atoms with van der Waals surface area (Å²) in [4.78, 5) is 8.69. The molecule has 18 heavy (non-hydrogen) atoms. The molecular weight excluding hydrogens is 250 g/mol. The second-order valence-electron chi connectivity index (χ2n) is 3.75. The highest BCUT2D eigenvalue weighted by molar-refractivity contribution is 7.99. The highest BCUT2D eigenvalue weighted by atomic mass is 32.2. The van der Waals surface area contributed by atoms with Crippen LogP contribution >= 0.6 is 11.8 Å². The second-order valence-corrected chi connectivity index (χ2v) is 4.74. The van der Waals surface area contributed by atoms with Crippen molar-refractivity contribution in [2.24, 2.45) is 7.05 Å². The molecule has 2 aromatic heterocycles. The fourth-order valence-corrected chi connectivity index (χ4v) is 2.12. The van der Waals surface area contributed by atoms with Crippen LogP contribution in [0.2, 0.25) is 0 Å². The second kappa shape index (κ2) is 5.76. The van der Waals surface area contributed by atoms with Gasteiger partial charge in [0.1, 0.15) is 16.7 Å². The van der Waals surface area contributed by atoms with Gasteiger partial charge in [-0.3, -0.25) is 0 Å². The first-order valence-electron chi connectivity index (χ1n) is 5.69. The van der Waals surface area contributed by atoms with E-state index in [-0.39, 0.29) is 0 Å². The van der Waals surface area contributed by atoms with Crippen LogP contribution in [0.5, 0.6) is 0 Å². The van der Waals surface area contributed by atoms with E-state index in [0.29, 0.717) is 5.16 Å². The molecule has 2 heterocycles. The summed E-state index contributed by atoms with van der Waals surface area (Å²) in [7, 11) is 1.80. The Labute approximate surface area is 109 Å². The molecular formula is C10H15N7S. The van der Waals surface area contributed by atoms with E-state index < -0.39 is 0 Å². The van der Waals surface area contributed by atoms with E-state index in [1.54, 1.807) is 11.7 Å². The molecule has 0 saturated carbocycles. The molecule has 0 radical (unpaired) electrons. The molecule has 8 heteroatoms. The molecule has 0 spiro atoms. The number of anilines is 1. The maximum Gasteiger partial charge on any atom is 0.215 e. The Hall–Kier alpha value is -1.70. The number of tetrazole rings is 1. The van der Waals surface area contributed by atoms with Crippen molar-refractivity contribution in [3.8, 4) is 0 Å². The molecule has 0 saturated heterocycles. The van der Waals surface area contributed by atoms with Crippen molar-refractivity contribution in [2.75, 3.05) is 11.9 Å². The van der Waals surface area contributed by atoms with Crippen LogP contribution in [0.3, 0.4) is 0 Å². The van der Waals surface area contributed by atoms with E-state index in [1.165, 1.54) is 11.8 Å². The summed E-state index contributed by atoms with van der Waals surface area (Å²) in [6.07, 6.45) is 1.05. The number of hydrogen-bond acceptors (Lipinski definition) is 7. The van der Waals surface area contributed by atoms with Crippen molar-refractivity contribution < 1.29 is 0 Å². The van der Waals surface area contributed by atoms with Crippen LogP contribution in [0.25, 0.3) is 0 Å². The molecule has 0 unspecified atom stereocenters. The number of nitrogens with zero attached hydrogens (tertiary/aromatic N) is 6. The topological polar surface area (TPSA) is 81.4 Å². The monoisotopic (exact) mass is 265 g/mol. The summed E-state index contributed by atoms with van der Waals surface area (Å²) < 4.78 is 1.61. The smallest absolute Gasteiger partial charge is 0.215 e. The Kier molecular flexibility index (Phi) is 4.08. The third kappa shape index (κ3) is 3.16. The predicted molar refractivity (Wildman–Crippen MR) is 68.5 cm³/mol. The zero-order valence-electron chi connectivity index (χ0n) is 10.6. The first-order chi connectivity index (χ1) is 8.69. The fraction of sp³-hybridized carbons (Fsp3) is 0.500. The lowest BCUT2D eigenvalue weighted by Crippen LogP contribution is -2.04. The molecule has 0 amide bonds. The maximum atomic E-state index is 4.36. The third-order valence-corrected chi connectivity index (χ3v) is 3.09. The summed E-state index contributed by atoms with van der Waals surface area (Å²) in [5.41, 5.74) is 0. The SMILES string of the molecule is CCCNc1cc(Sc2nnnn2C)nc(C)n1. The van der Waals surface area contributed by atoms with Crippen molar-refractivity contribution >= 4 is 17.6 Å². The van der Waals surface area contributed by atoms with E-state index in [1.807, 2.05) is 13.0 Å². The molecule has 0 aliphatic heterocycles. The molecule has 2 rings (SSSR count). The third-order valence-electron chi connectivity index (χ3n) is 2.15. The van der Waals surface area contributed by atoms with Crippen LogP contribution in [0, 0.1) is 6.92 Å². The molecule has 0 aliphatic rings. The zero-order chi connectivity index (χ0) is 13.0. The van der Waals surface area contributed by atoms with E-state index in [4.69, 9.17) is 0 Å². The molecule has 96 valence electrons. The molecule has 0 aliphatic carbocycles. The summed E-state index contributed by atoms with van der Waals surface area (Å²) in [5.74, 6) is 1.57. The van der Waals surface area contributed by atoms with E-state index >= 15 is 0 Å². The Morgan fingerprint density at radius 1 is 1.39 bits per heavy atom. The lowest BCUT2D eigenvalue weighted by molar-refractivity contribution is 0.664. The summed E-state index contributed by atoms with van der Waals surface area (Å²) >= 11 is 1.42. The van der Waals surface area contributed by atoms with Crippen LogP contribution in [0.4, 0.5) is 5.82 Å². The van der Waals surface area contributed by atoms with E-state index in [2.05, 4.69) is 37.7 Å². The summed E-state index contributed by atoms with van der Waals surface area (Å²) in [6.45, 7) is 4.88. The minimum absolute atomic E-state index is 0.703. The number of nitrogens with one attached hydrogen (secondary N) is 1. The van der Waals surface area contributed by atoms with Crippen LogP contribution in [-0.2, 0) is 7.05 Å². The quantitative estimate of drug-likeness (QED) is 0.815. The fourth-order valence-electron chi connectivity index (χ4n) is 1.34. The highest BCUT2D eigenvalue weighted by Gasteiger charge is 2.08. The largest absolute Gasteiger partial charge is 0.370 e. The van der Waals surface area contributed by atoms with Gasteiger partial charge in [-0.1, -0.05) is 6.92 Å². The van der Waals surface area contributed by atoms with Crippen molar-refractivity contribution in [1.29, 1.82) is 0 Å². The minimum atomic E-state index is 0.703. The number of hydrogen-bond donors (Lipinski definition) is 1. The molecule has 7 nitrogen and oxygen atoms in total. The Balaban J connectivity index is 2.17. The standard InChI is InChI=1S/C10H15N7S/c1-4-5-11-8-6-9(13-7(2)12-8)18-10-14-15-16-17(10)3/h6H,4-5H2,1-3H3,(H,11,12,13). The first-order valence-corrected chi connectivity index (χ1v) is 6.50. The van der Waals surface area contributed by atoms with Gasteiger partial charge in [0.05, 0.1) is 0 Å². The van der Waals surface area contributed by atoms with E-state index in [9.17, 15) is 0 Å². The van der Waals surface area contributed by atoms with Gasteiger partial charge >= 0.3 is 0 Å². The predicted octanol–water partition coefficient (Wildman–Crippen LogP) is 1.28. The van der Waals surface area contributed by atoms with Gasteiger partial charge in [0.15, 0.2) is 0 Å². The zero-order valence-corrected chi connectivity index (χ0v) is 11.4. The molecule has 0 bridgehead atoms. The average molecular weight is 265 g/mol. The molecule has 0 fully saturated rings. The van der Waals surface area contributed by atoms with Crippen molar-refractivity contribution in [3.63, 3.8) is 0 Å². The molecule has 2 aromatic rings. The van der Waals surface area contributed by atoms with Crippen LogP contribution in [0.1, 0.15) is 19.2 Å². The van der Waals surface area contributed by atoms with Crippen molar-refractivity contribution in [1.82, 2.24) is 30.2 Å². The van der Waals surface area contributed by atoms with Crippen molar-refractivity contribution in [3.05, 3.63) is 11.9 Å². The van der Waals surface area contributed by atoms with Gasteiger partial charge in [0.25, 0.3) is 0 Å². The van der Waals surface area contributed by atoms with Crippen LogP contribution in [0.15, 0.2) is 16.2 Å². The van der Waals surface area contributed by atoms with Gasteiger partial charge in [-0.2, -0.15) is 0 Å². The van der Waals surface area contributed by atoms with Gasteiger partial charge in [-0.25, -0.2) is 14.6 Å². The Morgan fingerprint density at radius 2 is 2.22 bits per heavy atom. The number of aromatic nitrogens is 6. The lowest BCUT2D eigenvalue weighted by atomic mass is 10.4. The van der Waals surface area contributed by atoms with Crippen LogP contribution in [-0.4, -0.2) is 36.7 Å². The minimum Gasteiger partial charge on any atom is -0.370 e. The summed E-state index contributed by atoms with van der Waals surface area (Å²) in [5, 5.41) is 16.1. The van der Waals surface area contributed by atoms with Gasteiger partial charge in [-0.15, -0.1) is 5.10 Å². The average Bonchev–Trinajstić information content (AvgIpc) is 2.72. The Bertz CT molecular complexity index is 525. The van der Waals surface area contributed by atoms with Gasteiger partial charge < -0.3 is 5.32 Å². The van der Waals surface area contributed by atoms with Crippen molar-refractivity contribution in [2.45, 2.75) is 30.5 Å². The highest BCUT2D eigenvalue weighted by Crippen LogP contribution is 2.24. The van der Waals surface area contributed by atoms with Gasteiger partial charge in [0, 0.05) is 19.7 Å². The Morgan fingerprint density at radius 3 is 2.89 bits per heavy atom. The normalized spacial score (nSPS) is 10.6. The molecule has 1 N–H and O–H groups in total. The molecule has 0 atom stereocenters. The van der Waals surface area contributed by atoms with Crippen LogP contribution < -0.4 is 5.32 Å².